The first kappa shape index (κ1) is 25.1. The molecule has 2 N–H and O–H groups in total. The molecule has 0 aliphatic rings. The normalized spacial score (nSPS) is 11.8. The van der Waals surface area contributed by atoms with Crippen molar-refractivity contribution in [3.05, 3.63) is 77.9 Å². The largest absolute Gasteiger partial charge is 0.497 e. The highest BCUT2D eigenvalue weighted by molar-refractivity contribution is 7.92. The molecule has 12 heteroatoms. The standard InChI is InChI=1S/C22H20F2N2O6S2/c1-14-3-6-17(13-20(14)34(30,31)26-16-7-9-18(32-2)10-8-16)25-21(27)15-4-11-19(12-5-15)33(28,29)22(23)24/h3-13,22,26H,1-2H3,(H,25,27). The van der Waals surface area contributed by atoms with Crippen LogP contribution in [0, 0.1) is 6.92 Å². The molecule has 0 saturated heterocycles. The van der Waals surface area contributed by atoms with Gasteiger partial charge in [-0.25, -0.2) is 16.8 Å². The lowest BCUT2D eigenvalue weighted by Gasteiger charge is -2.13. The van der Waals surface area contributed by atoms with Gasteiger partial charge in [0.05, 0.1) is 16.9 Å². The summed E-state index contributed by atoms with van der Waals surface area (Å²) in [4.78, 5) is 11.8. The molecule has 180 valence electrons. The molecule has 0 atom stereocenters. The Morgan fingerprint density at radius 2 is 1.47 bits per heavy atom. The highest BCUT2D eigenvalue weighted by Crippen LogP contribution is 2.25. The number of aryl methyl sites for hydroxylation is 1. The SMILES string of the molecule is COc1ccc(NS(=O)(=O)c2cc(NC(=O)c3ccc(S(=O)(=O)C(F)F)cc3)ccc2C)cc1. The van der Waals surface area contributed by atoms with Gasteiger partial charge in [-0.1, -0.05) is 6.07 Å². The molecule has 0 aromatic heterocycles. The number of benzene rings is 3. The minimum atomic E-state index is -4.78. The van der Waals surface area contributed by atoms with Crippen molar-refractivity contribution < 1.29 is 35.1 Å². The van der Waals surface area contributed by atoms with Gasteiger partial charge in [-0.3, -0.25) is 9.52 Å². The maximum atomic E-state index is 12.9. The van der Waals surface area contributed by atoms with Crippen LogP contribution in [0.1, 0.15) is 15.9 Å². The van der Waals surface area contributed by atoms with Gasteiger partial charge in [-0.15, -0.1) is 0 Å². The van der Waals surface area contributed by atoms with Gasteiger partial charge in [0.25, 0.3) is 15.9 Å². The van der Waals surface area contributed by atoms with Crippen LogP contribution >= 0.6 is 0 Å². The lowest BCUT2D eigenvalue weighted by atomic mass is 10.2. The number of halogens is 2. The summed E-state index contributed by atoms with van der Waals surface area (Å²) < 4.78 is 81.6. The van der Waals surface area contributed by atoms with E-state index in [4.69, 9.17) is 4.74 Å². The van der Waals surface area contributed by atoms with Gasteiger partial charge < -0.3 is 10.1 Å². The molecular formula is C22H20F2N2O6S2. The topological polar surface area (TPSA) is 119 Å². The molecule has 0 bridgehead atoms. The molecule has 3 rings (SSSR count). The predicted octanol–water partition coefficient (Wildman–Crippen LogP) is 4.05. The first-order chi connectivity index (χ1) is 15.9. The van der Waals surface area contributed by atoms with Crippen molar-refractivity contribution in [1.82, 2.24) is 0 Å². The summed E-state index contributed by atoms with van der Waals surface area (Å²) in [5.74, 6) is -3.70. The number of ether oxygens (including phenoxy) is 1. The third-order valence-electron chi connectivity index (χ3n) is 4.76. The molecule has 3 aromatic carbocycles. The predicted molar refractivity (Wildman–Crippen MR) is 123 cm³/mol. The van der Waals surface area contributed by atoms with E-state index in [1.807, 2.05) is 0 Å². The third kappa shape index (κ3) is 5.51. The number of hydrogen-bond acceptors (Lipinski definition) is 6. The third-order valence-corrected chi connectivity index (χ3v) is 7.68. The molecule has 3 aromatic rings. The van der Waals surface area contributed by atoms with Crippen molar-refractivity contribution in [2.24, 2.45) is 0 Å². The fourth-order valence-corrected chi connectivity index (χ4v) is 4.99. The number of carbonyl (C=O) groups excluding carboxylic acids is 1. The van der Waals surface area contributed by atoms with Crippen molar-refractivity contribution in [2.45, 2.75) is 22.5 Å². The van der Waals surface area contributed by atoms with Crippen LogP contribution in [0.5, 0.6) is 5.75 Å². The number of anilines is 2. The average molecular weight is 511 g/mol. The van der Waals surface area contributed by atoms with E-state index in [0.717, 1.165) is 24.3 Å². The van der Waals surface area contributed by atoms with Crippen LogP contribution in [-0.2, 0) is 19.9 Å². The van der Waals surface area contributed by atoms with Gasteiger partial charge in [-0.05, 0) is 73.2 Å². The Labute approximate surface area is 195 Å². The second kappa shape index (κ2) is 9.77. The number of alkyl halides is 2. The van der Waals surface area contributed by atoms with Crippen LogP contribution < -0.4 is 14.8 Å². The first-order valence-electron chi connectivity index (χ1n) is 9.65. The van der Waals surface area contributed by atoms with E-state index in [0.29, 0.717) is 17.0 Å². The molecule has 0 spiro atoms. The highest BCUT2D eigenvalue weighted by atomic mass is 32.2. The number of carbonyl (C=O) groups is 1. The molecular weight excluding hydrogens is 490 g/mol. The van der Waals surface area contributed by atoms with Crippen molar-refractivity contribution >= 4 is 37.1 Å². The van der Waals surface area contributed by atoms with E-state index in [-0.39, 0.29) is 16.1 Å². The van der Waals surface area contributed by atoms with Gasteiger partial charge in [-0.2, -0.15) is 8.78 Å². The Bertz CT molecular complexity index is 1410. The van der Waals surface area contributed by atoms with Crippen LogP contribution in [-0.4, -0.2) is 35.6 Å². The first-order valence-corrected chi connectivity index (χ1v) is 12.7. The Morgan fingerprint density at radius 1 is 0.882 bits per heavy atom. The minimum Gasteiger partial charge on any atom is -0.497 e. The molecule has 0 aliphatic heterocycles. The van der Waals surface area contributed by atoms with Crippen molar-refractivity contribution in [1.29, 1.82) is 0 Å². The van der Waals surface area contributed by atoms with Gasteiger partial charge in [0.2, 0.25) is 9.84 Å². The smallest absolute Gasteiger partial charge is 0.341 e. The van der Waals surface area contributed by atoms with E-state index >= 15 is 0 Å². The molecule has 0 radical (unpaired) electrons. The summed E-state index contributed by atoms with van der Waals surface area (Å²) >= 11 is 0. The molecule has 0 unspecified atom stereocenters. The monoisotopic (exact) mass is 510 g/mol. The summed E-state index contributed by atoms with van der Waals surface area (Å²) in [7, 11) is -7.29. The molecule has 1 amide bonds. The van der Waals surface area contributed by atoms with Crippen LogP contribution in [0.3, 0.4) is 0 Å². The number of nitrogens with one attached hydrogen (secondary N) is 2. The van der Waals surface area contributed by atoms with Gasteiger partial charge in [0.15, 0.2) is 0 Å². The molecule has 8 nitrogen and oxygen atoms in total. The molecule has 0 fully saturated rings. The lowest BCUT2D eigenvalue weighted by molar-refractivity contribution is 0.102. The molecule has 0 saturated carbocycles. The number of sulfone groups is 1. The summed E-state index contributed by atoms with van der Waals surface area (Å²) in [5.41, 5.74) is 0.901. The summed E-state index contributed by atoms with van der Waals surface area (Å²) in [6.07, 6.45) is 0. The van der Waals surface area contributed by atoms with E-state index in [9.17, 15) is 30.4 Å². The second-order valence-electron chi connectivity index (χ2n) is 7.10. The molecule has 0 heterocycles. The number of hydrogen-bond donors (Lipinski definition) is 2. The van der Waals surface area contributed by atoms with Gasteiger partial charge in [0, 0.05) is 16.9 Å². The van der Waals surface area contributed by atoms with E-state index < -0.39 is 36.4 Å². The zero-order chi connectivity index (χ0) is 25.1. The van der Waals surface area contributed by atoms with E-state index in [2.05, 4.69) is 10.0 Å². The molecule has 0 aliphatic carbocycles. The van der Waals surface area contributed by atoms with Crippen molar-refractivity contribution in [3.63, 3.8) is 0 Å². The fraction of sp³-hybridized carbons (Fsp3) is 0.136. The summed E-state index contributed by atoms with van der Waals surface area (Å²) in [6, 6.07) is 14.5. The van der Waals surface area contributed by atoms with Crippen LogP contribution in [0.2, 0.25) is 0 Å². The fourth-order valence-electron chi connectivity index (χ4n) is 2.94. The average Bonchev–Trinajstić information content (AvgIpc) is 2.80. The van der Waals surface area contributed by atoms with Gasteiger partial charge in [0.1, 0.15) is 5.75 Å². The van der Waals surface area contributed by atoms with E-state index in [1.54, 1.807) is 19.1 Å². The minimum absolute atomic E-state index is 0.00504. The van der Waals surface area contributed by atoms with Crippen LogP contribution in [0.15, 0.2) is 76.5 Å². The summed E-state index contributed by atoms with van der Waals surface area (Å²) in [6.45, 7) is 1.59. The Balaban J connectivity index is 1.81. The number of methoxy groups -OCH3 is 1. The van der Waals surface area contributed by atoms with E-state index in [1.165, 1.54) is 37.4 Å². The number of rotatable bonds is 8. The Hall–Kier alpha value is -3.51. The lowest BCUT2D eigenvalue weighted by Crippen LogP contribution is -2.16. The van der Waals surface area contributed by atoms with Crippen molar-refractivity contribution in [3.8, 4) is 5.75 Å². The number of sulfonamides is 1. The van der Waals surface area contributed by atoms with Crippen LogP contribution in [0.25, 0.3) is 0 Å². The molecule has 34 heavy (non-hydrogen) atoms. The van der Waals surface area contributed by atoms with Gasteiger partial charge >= 0.3 is 5.76 Å². The number of amides is 1. The quantitative estimate of drug-likeness (QED) is 0.472. The Kier molecular flexibility index (Phi) is 7.22. The highest BCUT2D eigenvalue weighted by Gasteiger charge is 2.26. The maximum absolute atomic E-state index is 12.9. The maximum Gasteiger partial charge on any atom is 0.341 e. The second-order valence-corrected chi connectivity index (χ2v) is 10.7. The Morgan fingerprint density at radius 3 is 2.03 bits per heavy atom. The van der Waals surface area contributed by atoms with Crippen molar-refractivity contribution in [2.75, 3.05) is 17.1 Å². The van der Waals surface area contributed by atoms with Crippen LogP contribution in [0.4, 0.5) is 20.2 Å². The summed E-state index contributed by atoms with van der Waals surface area (Å²) in [5, 5.41) is 2.51. The zero-order valence-electron chi connectivity index (χ0n) is 18.0. The zero-order valence-corrected chi connectivity index (χ0v) is 19.6.